The van der Waals surface area contributed by atoms with Gasteiger partial charge in [0.25, 0.3) is 5.56 Å². The van der Waals surface area contributed by atoms with Gasteiger partial charge >= 0.3 is 5.69 Å². The molecule has 0 saturated carbocycles. The summed E-state index contributed by atoms with van der Waals surface area (Å²) in [7, 11) is 1.57. The van der Waals surface area contributed by atoms with Gasteiger partial charge in [-0.2, -0.15) is 0 Å². The van der Waals surface area contributed by atoms with Crippen LogP contribution in [0.25, 0.3) is 16.9 Å². The number of hydrogen-bond donors (Lipinski definition) is 0. The van der Waals surface area contributed by atoms with Gasteiger partial charge in [0.15, 0.2) is 11.2 Å². The number of imidazole rings is 1. The van der Waals surface area contributed by atoms with Crippen molar-refractivity contribution in [1.29, 1.82) is 0 Å². The standard InChI is InChI=1S/C17H20N4O3/c1-4-9-19-11-18-15-14(19)16(22)20(5-2)17(23)21(15)12-7-6-8-13(10-12)24-3/h6-8,10-11H,4-5,9H2,1-3H3. The summed E-state index contributed by atoms with van der Waals surface area (Å²) >= 11 is 0. The number of hydrogen-bond acceptors (Lipinski definition) is 4. The van der Waals surface area contributed by atoms with Crippen LogP contribution in [-0.2, 0) is 13.1 Å². The Morgan fingerprint density at radius 3 is 2.67 bits per heavy atom. The number of rotatable bonds is 5. The van der Waals surface area contributed by atoms with Gasteiger partial charge in [-0.15, -0.1) is 0 Å². The van der Waals surface area contributed by atoms with E-state index in [0.29, 0.717) is 35.7 Å². The van der Waals surface area contributed by atoms with E-state index < -0.39 is 5.69 Å². The molecule has 0 fully saturated rings. The third kappa shape index (κ3) is 2.42. The second-order valence-electron chi connectivity index (χ2n) is 5.48. The predicted molar refractivity (Wildman–Crippen MR) is 92.1 cm³/mol. The Morgan fingerprint density at radius 2 is 2.00 bits per heavy atom. The average Bonchev–Trinajstić information content (AvgIpc) is 2.99. The Labute approximate surface area is 138 Å². The Hall–Kier alpha value is -2.83. The van der Waals surface area contributed by atoms with E-state index in [1.807, 2.05) is 6.92 Å². The first-order chi connectivity index (χ1) is 11.6. The molecule has 0 saturated heterocycles. The van der Waals surface area contributed by atoms with Crippen LogP contribution in [0.1, 0.15) is 20.3 Å². The first-order valence-electron chi connectivity index (χ1n) is 7.97. The van der Waals surface area contributed by atoms with Crippen molar-refractivity contribution < 1.29 is 4.74 Å². The topological polar surface area (TPSA) is 71.0 Å². The van der Waals surface area contributed by atoms with Crippen LogP contribution in [0.3, 0.4) is 0 Å². The molecule has 2 aromatic heterocycles. The molecule has 0 radical (unpaired) electrons. The third-order valence-electron chi connectivity index (χ3n) is 3.99. The highest BCUT2D eigenvalue weighted by Crippen LogP contribution is 2.18. The van der Waals surface area contributed by atoms with E-state index in [0.717, 1.165) is 6.42 Å². The van der Waals surface area contributed by atoms with Crippen LogP contribution in [0.2, 0.25) is 0 Å². The highest BCUT2D eigenvalue weighted by atomic mass is 16.5. The highest BCUT2D eigenvalue weighted by molar-refractivity contribution is 5.72. The molecule has 24 heavy (non-hydrogen) atoms. The van der Waals surface area contributed by atoms with Gasteiger partial charge in [-0.25, -0.2) is 14.3 Å². The monoisotopic (exact) mass is 328 g/mol. The molecule has 1 aromatic carbocycles. The van der Waals surface area contributed by atoms with E-state index in [2.05, 4.69) is 4.98 Å². The molecule has 3 rings (SSSR count). The fraction of sp³-hybridized carbons (Fsp3) is 0.353. The number of ether oxygens (including phenoxy) is 1. The lowest BCUT2D eigenvalue weighted by molar-refractivity contribution is 0.414. The van der Waals surface area contributed by atoms with E-state index in [1.165, 1.54) is 9.13 Å². The predicted octanol–water partition coefficient (Wildman–Crippen LogP) is 1.79. The van der Waals surface area contributed by atoms with Crippen LogP contribution < -0.4 is 16.0 Å². The van der Waals surface area contributed by atoms with Crippen molar-refractivity contribution in [1.82, 2.24) is 18.7 Å². The zero-order valence-electron chi connectivity index (χ0n) is 14.0. The van der Waals surface area contributed by atoms with Gasteiger partial charge in [-0.05, 0) is 25.5 Å². The van der Waals surface area contributed by atoms with E-state index in [-0.39, 0.29) is 5.56 Å². The minimum Gasteiger partial charge on any atom is -0.497 e. The number of aromatic nitrogens is 4. The van der Waals surface area contributed by atoms with Gasteiger partial charge in [-0.1, -0.05) is 13.0 Å². The van der Waals surface area contributed by atoms with E-state index in [4.69, 9.17) is 4.74 Å². The van der Waals surface area contributed by atoms with Gasteiger partial charge in [0.1, 0.15) is 5.75 Å². The summed E-state index contributed by atoms with van der Waals surface area (Å²) in [5.74, 6) is 0.634. The lowest BCUT2D eigenvalue weighted by Crippen LogP contribution is -2.39. The molecule has 0 aliphatic heterocycles. The Kier molecular flexibility index (Phi) is 4.24. The maximum absolute atomic E-state index is 12.8. The average molecular weight is 328 g/mol. The minimum absolute atomic E-state index is 0.300. The van der Waals surface area contributed by atoms with E-state index in [1.54, 1.807) is 49.2 Å². The molecule has 7 heteroatoms. The molecule has 0 bridgehead atoms. The molecule has 2 heterocycles. The number of fused-ring (bicyclic) bond motifs is 1. The molecule has 7 nitrogen and oxygen atoms in total. The van der Waals surface area contributed by atoms with Crippen LogP contribution in [0.15, 0.2) is 40.2 Å². The van der Waals surface area contributed by atoms with Crippen molar-refractivity contribution in [3.05, 3.63) is 51.4 Å². The van der Waals surface area contributed by atoms with Crippen LogP contribution >= 0.6 is 0 Å². The lowest BCUT2D eigenvalue weighted by atomic mass is 10.3. The summed E-state index contributed by atoms with van der Waals surface area (Å²) in [6, 6.07) is 7.16. The molecule has 0 unspecified atom stereocenters. The fourth-order valence-corrected chi connectivity index (χ4v) is 2.85. The molecule has 3 aromatic rings. The number of methoxy groups -OCH3 is 1. The van der Waals surface area contributed by atoms with Gasteiger partial charge < -0.3 is 9.30 Å². The first kappa shape index (κ1) is 16.0. The van der Waals surface area contributed by atoms with Crippen molar-refractivity contribution in [2.75, 3.05) is 7.11 Å². The third-order valence-corrected chi connectivity index (χ3v) is 3.99. The SMILES string of the molecule is CCCn1cnc2c1c(=O)n(CC)c(=O)n2-c1cccc(OC)c1. The molecule has 0 spiro atoms. The van der Waals surface area contributed by atoms with Gasteiger partial charge in [0.05, 0.1) is 19.1 Å². The van der Waals surface area contributed by atoms with Crippen LogP contribution in [0, 0.1) is 0 Å². The Bertz CT molecular complexity index is 997. The van der Waals surface area contributed by atoms with Crippen LogP contribution in [-0.4, -0.2) is 25.8 Å². The van der Waals surface area contributed by atoms with Crippen molar-refractivity contribution in [3.8, 4) is 11.4 Å². The van der Waals surface area contributed by atoms with Gasteiger partial charge in [0.2, 0.25) is 0 Å². The van der Waals surface area contributed by atoms with E-state index in [9.17, 15) is 9.59 Å². The van der Waals surface area contributed by atoms with Crippen molar-refractivity contribution in [3.63, 3.8) is 0 Å². The molecular weight excluding hydrogens is 308 g/mol. The van der Waals surface area contributed by atoms with Gasteiger partial charge in [0, 0.05) is 19.2 Å². The quantitative estimate of drug-likeness (QED) is 0.716. The number of benzene rings is 1. The maximum atomic E-state index is 12.8. The Morgan fingerprint density at radius 1 is 1.21 bits per heavy atom. The smallest absolute Gasteiger partial charge is 0.337 e. The number of aryl methyl sites for hydroxylation is 1. The zero-order valence-corrected chi connectivity index (χ0v) is 14.0. The molecular formula is C17H20N4O3. The van der Waals surface area contributed by atoms with Crippen molar-refractivity contribution in [2.24, 2.45) is 0 Å². The molecule has 0 atom stereocenters. The summed E-state index contributed by atoms with van der Waals surface area (Å²) < 4.78 is 9.75. The minimum atomic E-state index is -0.398. The second kappa shape index (κ2) is 6.35. The molecule has 126 valence electrons. The maximum Gasteiger partial charge on any atom is 0.337 e. The molecule has 0 aliphatic rings. The van der Waals surface area contributed by atoms with Crippen molar-refractivity contribution >= 4 is 11.2 Å². The lowest BCUT2D eigenvalue weighted by Gasteiger charge is -2.12. The fourth-order valence-electron chi connectivity index (χ4n) is 2.85. The summed E-state index contributed by atoms with van der Waals surface area (Å²) in [5, 5.41) is 0. The van der Waals surface area contributed by atoms with Crippen LogP contribution in [0.5, 0.6) is 5.75 Å². The molecule has 0 N–H and O–H groups in total. The highest BCUT2D eigenvalue weighted by Gasteiger charge is 2.18. The number of nitrogens with zero attached hydrogens (tertiary/aromatic N) is 4. The normalized spacial score (nSPS) is 11.1. The van der Waals surface area contributed by atoms with Crippen LogP contribution in [0.4, 0.5) is 0 Å². The van der Waals surface area contributed by atoms with Crippen molar-refractivity contribution in [2.45, 2.75) is 33.4 Å². The second-order valence-corrected chi connectivity index (χ2v) is 5.48. The van der Waals surface area contributed by atoms with E-state index >= 15 is 0 Å². The summed E-state index contributed by atoms with van der Waals surface area (Å²) in [4.78, 5) is 29.9. The summed E-state index contributed by atoms with van der Waals surface area (Å²) in [6.45, 7) is 4.79. The molecule has 0 aliphatic carbocycles. The first-order valence-corrected chi connectivity index (χ1v) is 7.97. The Balaban J connectivity index is 2.42. The largest absolute Gasteiger partial charge is 0.497 e. The summed E-state index contributed by atoms with van der Waals surface area (Å²) in [5.41, 5.74) is 0.735. The zero-order chi connectivity index (χ0) is 17.3. The molecule has 0 amide bonds. The van der Waals surface area contributed by atoms with Gasteiger partial charge in [-0.3, -0.25) is 9.36 Å². The summed E-state index contributed by atoms with van der Waals surface area (Å²) in [6.07, 6.45) is 2.49.